The maximum Gasteiger partial charge on any atom is 0.325 e. The quantitative estimate of drug-likeness (QED) is 0.828. The van der Waals surface area contributed by atoms with Gasteiger partial charge in [0, 0.05) is 13.1 Å². The van der Waals surface area contributed by atoms with Crippen molar-refractivity contribution in [2.45, 2.75) is 43.4 Å². The van der Waals surface area contributed by atoms with Crippen molar-refractivity contribution in [3.63, 3.8) is 0 Å². The Morgan fingerprint density at radius 1 is 1.19 bits per heavy atom. The molecule has 0 aromatic heterocycles. The Labute approximate surface area is 152 Å². The van der Waals surface area contributed by atoms with E-state index in [1.165, 1.54) is 4.90 Å². The second-order valence-corrected chi connectivity index (χ2v) is 7.74. The summed E-state index contributed by atoms with van der Waals surface area (Å²) < 4.78 is 11.8. The molecule has 4 aliphatic rings. The highest BCUT2D eigenvalue weighted by molar-refractivity contribution is 6.09. The highest BCUT2D eigenvalue weighted by Crippen LogP contribution is 2.42. The molecule has 0 unspecified atom stereocenters. The molecule has 0 bridgehead atoms. The number of piperidine rings is 1. The number of hydrogen-bond acceptors (Lipinski definition) is 5. The molecule has 1 spiro atoms. The third-order valence-electron chi connectivity index (χ3n) is 5.82. The summed E-state index contributed by atoms with van der Waals surface area (Å²) in [6, 6.07) is 7.44. The SMILES string of the molecule is O=C1NC2(CC2)C(=O)N1[C@H]1CCCN(C[C@H]2COc3ccccc3O2)C1. The number of urea groups is 1. The molecule has 7 nitrogen and oxygen atoms in total. The summed E-state index contributed by atoms with van der Waals surface area (Å²) in [5.74, 6) is 1.54. The number of rotatable bonds is 3. The molecule has 7 heteroatoms. The number of carbonyl (C=O) groups is 2. The largest absolute Gasteiger partial charge is 0.486 e. The summed E-state index contributed by atoms with van der Waals surface area (Å²) in [7, 11) is 0. The van der Waals surface area contributed by atoms with Crippen molar-refractivity contribution in [3.05, 3.63) is 24.3 Å². The van der Waals surface area contributed by atoms with Crippen LogP contribution in [0.3, 0.4) is 0 Å². The molecule has 1 aliphatic carbocycles. The van der Waals surface area contributed by atoms with Crippen LogP contribution in [0.15, 0.2) is 24.3 Å². The molecule has 1 N–H and O–H groups in total. The number of nitrogens with one attached hydrogen (secondary N) is 1. The normalized spacial score (nSPS) is 29.8. The maximum absolute atomic E-state index is 12.6. The fourth-order valence-corrected chi connectivity index (χ4v) is 4.29. The third-order valence-corrected chi connectivity index (χ3v) is 5.82. The number of amides is 3. The molecule has 3 amide bonds. The average molecular weight is 357 g/mol. The van der Waals surface area contributed by atoms with Crippen LogP contribution in [0.5, 0.6) is 11.5 Å². The van der Waals surface area contributed by atoms with Gasteiger partial charge < -0.3 is 14.8 Å². The Balaban J connectivity index is 1.23. The molecular formula is C19H23N3O4. The van der Waals surface area contributed by atoms with Crippen LogP contribution < -0.4 is 14.8 Å². The lowest BCUT2D eigenvalue weighted by molar-refractivity contribution is -0.130. The number of hydrogen-bond donors (Lipinski definition) is 1. The van der Waals surface area contributed by atoms with E-state index in [4.69, 9.17) is 9.47 Å². The number of para-hydroxylation sites is 2. The van der Waals surface area contributed by atoms with E-state index in [1.807, 2.05) is 24.3 Å². The first kappa shape index (κ1) is 15.9. The van der Waals surface area contributed by atoms with E-state index in [2.05, 4.69) is 10.2 Å². The van der Waals surface area contributed by atoms with Gasteiger partial charge in [0.25, 0.3) is 5.91 Å². The molecule has 3 heterocycles. The van der Waals surface area contributed by atoms with E-state index < -0.39 is 5.54 Å². The second kappa shape index (κ2) is 5.87. The Morgan fingerprint density at radius 3 is 2.77 bits per heavy atom. The lowest BCUT2D eigenvalue weighted by Crippen LogP contribution is -2.53. The Bertz CT molecular complexity index is 748. The lowest BCUT2D eigenvalue weighted by Gasteiger charge is -2.38. The van der Waals surface area contributed by atoms with Crippen molar-refractivity contribution >= 4 is 11.9 Å². The van der Waals surface area contributed by atoms with E-state index in [9.17, 15) is 9.59 Å². The first-order valence-corrected chi connectivity index (χ1v) is 9.41. The van der Waals surface area contributed by atoms with Crippen LogP contribution in [0.2, 0.25) is 0 Å². The molecule has 1 aromatic carbocycles. The van der Waals surface area contributed by atoms with Crippen LogP contribution >= 0.6 is 0 Å². The van der Waals surface area contributed by atoms with Crippen molar-refractivity contribution in [1.82, 2.24) is 15.1 Å². The molecular weight excluding hydrogens is 334 g/mol. The first-order valence-electron chi connectivity index (χ1n) is 9.41. The van der Waals surface area contributed by atoms with Crippen LogP contribution in [-0.4, -0.2) is 65.7 Å². The van der Waals surface area contributed by atoms with E-state index in [1.54, 1.807) is 0 Å². The summed E-state index contributed by atoms with van der Waals surface area (Å²) in [5.41, 5.74) is -0.566. The summed E-state index contributed by atoms with van der Waals surface area (Å²) >= 11 is 0. The Kier molecular flexibility index (Phi) is 3.60. The minimum atomic E-state index is -0.566. The van der Waals surface area contributed by atoms with E-state index in [0.717, 1.165) is 50.3 Å². The third kappa shape index (κ3) is 2.61. The van der Waals surface area contributed by atoms with Gasteiger partial charge >= 0.3 is 6.03 Å². The Hall–Kier alpha value is -2.28. The topological polar surface area (TPSA) is 71.1 Å². The smallest absolute Gasteiger partial charge is 0.325 e. The predicted molar refractivity (Wildman–Crippen MR) is 93.2 cm³/mol. The lowest BCUT2D eigenvalue weighted by atomic mass is 10.0. The molecule has 3 fully saturated rings. The fraction of sp³-hybridized carbons (Fsp3) is 0.579. The van der Waals surface area contributed by atoms with Crippen LogP contribution in [0, 0.1) is 0 Å². The van der Waals surface area contributed by atoms with E-state index >= 15 is 0 Å². The zero-order chi connectivity index (χ0) is 17.7. The van der Waals surface area contributed by atoms with Gasteiger partial charge in [-0.1, -0.05) is 12.1 Å². The summed E-state index contributed by atoms with van der Waals surface area (Å²) in [5, 5.41) is 2.88. The predicted octanol–water partition coefficient (Wildman–Crippen LogP) is 1.38. The molecule has 138 valence electrons. The summed E-state index contributed by atoms with van der Waals surface area (Å²) in [6.45, 7) is 2.91. The van der Waals surface area contributed by atoms with Gasteiger partial charge in [0.2, 0.25) is 0 Å². The summed E-state index contributed by atoms with van der Waals surface area (Å²) in [4.78, 5) is 28.7. The van der Waals surface area contributed by atoms with Crippen molar-refractivity contribution in [2.24, 2.45) is 0 Å². The highest BCUT2D eigenvalue weighted by Gasteiger charge is 2.60. The van der Waals surface area contributed by atoms with Gasteiger partial charge in [0.1, 0.15) is 18.2 Å². The number of fused-ring (bicyclic) bond motifs is 1. The number of benzene rings is 1. The van der Waals surface area contributed by atoms with E-state index in [0.29, 0.717) is 13.2 Å². The van der Waals surface area contributed by atoms with Crippen LogP contribution in [0.1, 0.15) is 25.7 Å². The second-order valence-electron chi connectivity index (χ2n) is 7.74. The van der Waals surface area contributed by atoms with E-state index in [-0.39, 0.29) is 24.1 Å². The van der Waals surface area contributed by atoms with Gasteiger partial charge in [-0.05, 0) is 44.4 Å². The van der Waals surface area contributed by atoms with Crippen molar-refractivity contribution in [1.29, 1.82) is 0 Å². The molecule has 2 saturated heterocycles. The number of nitrogens with zero attached hydrogens (tertiary/aromatic N) is 2. The first-order chi connectivity index (χ1) is 12.6. The number of carbonyl (C=O) groups excluding carboxylic acids is 2. The fourth-order valence-electron chi connectivity index (χ4n) is 4.29. The van der Waals surface area contributed by atoms with Gasteiger partial charge in [-0.2, -0.15) is 0 Å². The number of likely N-dealkylation sites (tertiary alicyclic amines) is 1. The van der Waals surface area contributed by atoms with Gasteiger partial charge in [0.15, 0.2) is 11.5 Å². The van der Waals surface area contributed by atoms with Crippen LogP contribution in [-0.2, 0) is 4.79 Å². The highest BCUT2D eigenvalue weighted by atomic mass is 16.6. The van der Waals surface area contributed by atoms with Crippen molar-refractivity contribution < 1.29 is 19.1 Å². The zero-order valence-corrected chi connectivity index (χ0v) is 14.6. The molecule has 26 heavy (non-hydrogen) atoms. The van der Waals surface area contributed by atoms with Gasteiger partial charge in [-0.25, -0.2) is 4.79 Å². The van der Waals surface area contributed by atoms with Crippen molar-refractivity contribution in [3.8, 4) is 11.5 Å². The van der Waals surface area contributed by atoms with Crippen LogP contribution in [0.25, 0.3) is 0 Å². The Morgan fingerprint density at radius 2 is 2.00 bits per heavy atom. The standard InChI is InChI=1S/C19H23N3O4/c23-17-19(7-8-19)20-18(24)22(17)13-4-3-9-21(10-13)11-14-12-25-15-5-1-2-6-16(15)26-14/h1-2,5-6,13-14H,3-4,7-12H2,(H,20,24)/t13-,14-/m0/s1. The monoisotopic (exact) mass is 357 g/mol. The van der Waals surface area contributed by atoms with Crippen LogP contribution in [0.4, 0.5) is 4.79 Å². The molecule has 0 radical (unpaired) electrons. The molecule has 3 aliphatic heterocycles. The van der Waals surface area contributed by atoms with Gasteiger partial charge in [-0.3, -0.25) is 14.6 Å². The minimum Gasteiger partial charge on any atom is -0.486 e. The molecule has 1 aromatic rings. The van der Waals surface area contributed by atoms with Crippen molar-refractivity contribution in [2.75, 3.05) is 26.2 Å². The maximum atomic E-state index is 12.6. The minimum absolute atomic E-state index is 0.0273. The van der Waals surface area contributed by atoms with Gasteiger partial charge in [-0.15, -0.1) is 0 Å². The molecule has 1 saturated carbocycles. The summed E-state index contributed by atoms with van der Waals surface area (Å²) in [6.07, 6.45) is 3.35. The average Bonchev–Trinajstić information content (AvgIpc) is 3.37. The number of imide groups is 1. The zero-order valence-electron chi connectivity index (χ0n) is 14.6. The molecule has 5 rings (SSSR count). The number of ether oxygens (including phenoxy) is 2. The van der Waals surface area contributed by atoms with Gasteiger partial charge in [0.05, 0.1) is 6.04 Å². The molecule has 2 atom stereocenters.